The van der Waals surface area contributed by atoms with Gasteiger partial charge in [-0.3, -0.25) is 4.79 Å². The molecule has 1 saturated carbocycles. The molecule has 2 aliphatic carbocycles. The topological polar surface area (TPSA) is 17.1 Å². The Morgan fingerprint density at radius 2 is 2.08 bits per heavy atom. The maximum Gasteiger partial charge on any atom is 0.134 e. The average Bonchev–Trinajstić information content (AvgIpc) is 2.41. The van der Waals surface area contributed by atoms with E-state index in [0.29, 0.717) is 17.6 Å². The lowest BCUT2D eigenvalue weighted by Gasteiger charge is -2.33. The summed E-state index contributed by atoms with van der Waals surface area (Å²) in [7, 11) is 0. The van der Waals surface area contributed by atoms with E-state index >= 15 is 0 Å². The minimum Gasteiger partial charge on any atom is -0.300 e. The van der Waals surface area contributed by atoms with Crippen molar-refractivity contribution >= 4 is 5.78 Å². The van der Waals surface area contributed by atoms with Crippen LogP contribution < -0.4 is 0 Å². The van der Waals surface area contributed by atoms with Crippen LogP contribution in [0, 0.1) is 23.2 Å². The Balaban J connectivity index is 2.36. The van der Waals surface area contributed by atoms with Gasteiger partial charge in [0.05, 0.1) is 0 Å². The van der Waals surface area contributed by atoms with Gasteiger partial charge in [-0.15, -0.1) is 0 Å². The van der Waals surface area contributed by atoms with E-state index < -0.39 is 0 Å². The van der Waals surface area contributed by atoms with Crippen LogP contribution in [-0.4, -0.2) is 5.78 Å². The van der Waals surface area contributed by atoms with Gasteiger partial charge in [-0.2, -0.15) is 0 Å². The lowest BCUT2D eigenvalue weighted by atomic mass is 9.70. The first kappa shape index (κ1) is 8.03. The van der Waals surface area contributed by atoms with Gasteiger partial charge in [0, 0.05) is 5.92 Å². The van der Waals surface area contributed by atoms with Crippen molar-refractivity contribution in [2.75, 3.05) is 0 Å². The van der Waals surface area contributed by atoms with Crippen molar-refractivity contribution in [3.05, 3.63) is 12.2 Å². The van der Waals surface area contributed by atoms with Crippen LogP contribution in [0.2, 0.25) is 0 Å². The van der Waals surface area contributed by atoms with Crippen LogP contribution in [0.15, 0.2) is 12.2 Å². The summed E-state index contributed by atoms with van der Waals surface area (Å²) in [4.78, 5) is 11.4. The van der Waals surface area contributed by atoms with Crippen LogP contribution in [0.5, 0.6) is 0 Å². The van der Waals surface area contributed by atoms with E-state index in [0.717, 1.165) is 0 Å². The molecule has 1 fully saturated rings. The molecule has 12 heavy (non-hydrogen) atoms. The summed E-state index contributed by atoms with van der Waals surface area (Å²) < 4.78 is 0. The minimum atomic E-state index is 0.214. The molecule has 0 heterocycles. The van der Waals surface area contributed by atoms with E-state index in [1.54, 1.807) is 6.92 Å². The average molecular weight is 164 g/mol. The van der Waals surface area contributed by atoms with Crippen molar-refractivity contribution in [3.63, 3.8) is 0 Å². The van der Waals surface area contributed by atoms with Gasteiger partial charge in [0.2, 0.25) is 0 Å². The first-order valence-electron chi connectivity index (χ1n) is 4.72. The van der Waals surface area contributed by atoms with Crippen molar-refractivity contribution in [1.29, 1.82) is 0 Å². The van der Waals surface area contributed by atoms with Crippen molar-refractivity contribution in [1.82, 2.24) is 0 Å². The smallest absolute Gasteiger partial charge is 0.134 e. The number of carbonyl (C=O) groups excluding carboxylic acids is 1. The fourth-order valence-electron chi connectivity index (χ4n) is 3.13. The molecular weight excluding hydrogens is 148 g/mol. The van der Waals surface area contributed by atoms with Gasteiger partial charge in [0.1, 0.15) is 5.78 Å². The maximum atomic E-state index is 11.4. The summed E-state index contributed by atoms with van der Waals surface area (Å²) in [6.45, 7) is 6.20. The second-order valence-corrected chi connectivity index (χ2v) is 4.80. The van der Waals surface area contributed by atoms with Crippen molar-refractivity contribution in [3.8, 4) is 0 Å². The molecule has 0 aromatic carbocycles. The largest absolute Gasteiger partial charge is 0.300 e. The van der Waals surface area contributed by atoms with Crippen LogP contribution >= 0.6 is 0 Å². The molecule has 0 N–H and O–H groups in total. The molecule has 3 atom stereocenters. The summed E-state index contributed by atoms with van der Waals surface area (Å²) >= 11 is 0. The molecule has 0 radical (unpaired) electrons. The summed E-state index contributed by atoms with van der Waals surface area (Å²) in [6.07, 6.45) is 5.74. The molecule has 2 rings (SSSR count). The Morgan fingerprint density at radius 3 is 2.42 bits per heavy atom. The molecule has 3 unspecified atom stereocenters. The first-order chi connectivity index (χ1) is 5.53. The van der Waals surface area contributed by atoms with E-state index in [2.05, 4.69) is 26.0 Å². The van der Waals surface area contributed by atoms with Crippen LogP contribution in [0.4, 0.5) is 0 Å². The highest BCUT2D eigenvalue weighted by Crippen LogP contribution is 2.55. The van der Waals surface area contributed by atoms with Gasteiger partial charge >= 0.3 is 0 Å². The Morgan fingerprint density at radius 1 is 1.42 bits per heavy atom. The predicted octanol–water partition coefficient (Wildman–Crippen LogP) is 2.42. The lowest BCUT2D eigenvalue weighted by molar-refractivity contribution is -0.124. The SMILES string of the molecule is CC(=O)C1C2C=CC(C2)C1(C)C. The number of fused-ring (bicyclic) bond motifs is 2. The Bertz CT molecular complexity index is 250. The van der Waals surface area contributed by atoms with Crippen LogP contribution in [0.1, 0.15) is 27.2 Å². The molecule has 2 bridgehead atoms. The highest BCUT2D eigenvalue weighted by Gasteiger charge is 2.51. The van der Waals surface area contributed by atoms with Crippen molar-refractivity contribution in [2.24, 2.45) is 23.2 Å². The summed E-state index contributed by atoms with van der Waals surface area (Å²) in [5, 5.41) is 0. The molecular formula is C11H16O. The number of rotatable bonds is 1. The zero-order valence-electron chi connectivity index (χ0n) is 8.00. The van der Waals surface area contributed by atoms with Gasteiger partial charge in [0.25, 0.3) is 0 Å². The monoisotopic (exact) mass is 164 g/mol. The van der Waals surface area contributed by atoms with Crippen LogP contribution in [0.3, 0.4) is 0 Å². The lowest BCUT2D eigenvalue weighted by Crippen LogP contribution is -2.33. The summed E-state index contributed by atoms with van der Waals surface area (Å²) in [5.74, 6) is 1.85. The zero-order chi connectivity index (χ0) is 8.93. The molecule has 2 aliphatic rings. The third-order valence-electron chi connectivity index (χ3n) is 3.74. The number of Topliss-reactive ketones (excluding diaryl/α,β-unsaturated/α-hetero) is 1. The molecule has 1 heteroatoms. The van der Waals surface area contributed by atoms with Crippen LogP contribution in [0.25, 0.3) is 0 Å². The van der Waals surface area contributed by atoms with E-state index in [1.807, 2.05) is 0 Å². The third kappa shape index (κ3) is 0.825. The molecule has 0 aromatic rings. The van der Waals surface area contributed by atoms with E-state index in [-0.39, 0.29) is 11.3 Å². The van der Waals surface area contributed by atoms with Gasteiger partial charge in [-0.1, -0.05) is 26.0 Å². The van der Waals surface area contributed by atoms with E-state index in [1.165, 1.54) is 6.42 Å². The second kappa shape index (κ2) is 2.21. The van der Waals surface area contributed by atoms with Gasteiger partial charge < -0.3 is 0 Å². The van der Waals surface area contributed by atoms with E-state index in [9.17, 15) is 4.79 Å². The second-order valence-electron chi connectivity index (χ2n) is 4.80. The molecule has 0 aromatic heterocycles. The maximum absolute atomic E-state index is 11.4. The molecule has 1 nitrogen and oxygen atoms in total. The molecule has 0 amide bonds. The van der Waals surface area contributed by atoms with Gasteiger partial charge in [-0.05, 0) is 30.6 Å². The number of ketones is 1. The number of carbonyl (C=O) groups is 1. The number of hydrogen-bond donors (Lipinski definition) is 0. The number of hydrogen-bond acceptors (Lipinski definition) is 1. The molecule has 0 spiro atoms. The zero-order valence-corrected chi connectivity index (χ0v) is 8.00. The quantitative estimate of drug-likeness (QED) is 0.544. The van der Waals surface area contributed by atoms with Gasteiger partial charge in [0.15, 0.2) is 0 Å². The molecule has 0 saturated heterocycles. The highest BCUT2D eigenvalue weighted by molar-refractivity contribution is 5.80. The normalized spacial score (nSPS) is 42.1. The van der Waals surface area contributed by atoms with Crippen molar-refractivity contribution < 1.29 is 4.79 Å². The highest BCUT2D eigenvalue weighted by atomic mass is 16.1. The van der Waals surface area contributed by atoms with Gasteiger partial charge in [-0.25, -0.2) is 0 Å². The standard InChI is InChI=1S/C11H16O/c1-7(12)10-8-4-5-9(6-8)11(10,2)3/h4-5,8-10H,6H2,1-3H3. The fraction of sp³-hybridized carbons (Fsp3) is 0.727. The fourth-order valence-corrected chi connectivity index (χ4v) is 3.13. The van der Waals surface area contributed by atoms with Crippen LogP contribution in [-0.2, 0) is 4.79 Å². The predicted molar refractivity (Wildman–Crippen MR) is 48.7 cm³/mol. The Kier molecular flexibility index (Phi) is 1.48. The summed E-state index contributed by atoms with van der Waals surface area (Å²) in [5.41, 5.74) is 0.214. The first-order valence-corrected chi connectivity index (χ1v) is 4.72. The third-order valence-corrected chi connectivity index (χ3v) is 3.74. The molecule has 66 valence electrons. The Labute approximate surface area is 73.8 Å². The van der Waals surface area contributed by atoms with E-state index in [4.69, 9.17) is 0 Å². The molecule has 0 aliphatic heterocycles. The number of allylic oxidation sites excluding steroid dienone is 2. The van der Waals surface area contributed by atoms with Crippen molar-refractivity contribution in [2.45, 2.75) is 27.2 Å². The Hall–Kier alpha value is -0.590. The summed E-state index contributed by atoms with van der Waals surface area (Å²) in [6, 6.07) is 0. The minimum absolute atomic E-state index is 0.214.